The zero-order chi connectivity index (χ0) is 17.4. The molecule has 2 N–H and O–H groups in total. The smallest absolute Gasteiger partial charge is 0.261 e. The van der Waals surface area contributed by atoms with Crippen molar-refractivity contribution in [2.75, 3.05) is 12.4 Å². The maximum Gasteiger partial charge on any atom is 0.261 e. The van der Waals surface area contributed by atoms with E-state index in [1.807, 2.05) is 47.2 Å². The van der Waals surface area contributed by atoms with Crippen LogP contribution in [0.3, 0.4) is 0 Å². The van der Waals surface area contributed by atoms with Crippen molar-refractivity contribution >= 4 is 44.4 Å². The quantitative estimate of drug-likeness (QED) is 0.572. The number of fused-ring (bicyclic) bond motifs is 1. The SMILES string of the molecule is CNC(=O)c1ccc(Nc2nc(-c3c(C)nc4ccccn34)cs2)s1. The molecule has 126 valence electrons. The highest BCUT2D eigenvalue weighted by molar-refractivity contribution is 7.18. The highest BCUT2D eigenvalue weighted by Crippen LogP contribution is 2.31. The summed E-state index contributed by atoms with van der Waals surface area (Å²) in [5, 5.41) is 9.57. The van der Waals surface area contributed by atoms with Crippen LogP contribution in [0.2, 0.25) is 0 Å². The number of nitrogens with zero attached hydrogens (tertiary/aromatic N) is 3. The number of aromatic nitrogens is 3. The third kappa shape index (κ3) is 2.90. The lowest BCUT2D eigenvalue weighted by molar-refractivity contribution is 0.0967. The summed E-state index contributed by atoms with van der Waals surface area (Å²) in [6, 6.07) is 9.62. The van der Waals surface area contributed by atoms with Gasteiger partial charge in [-0.1, -0.05) is 6.07 Å². The van der Waals surface area contributed by atoms with Gasteiger partial charge in [-0.05, 0) is 31.2 Å². The monoisotopic (exact) mass is 369 g/mol. The third-order valence-electron chi connectivity index (χ3n) is 3.74. The fraction of sp³-hybridized carbons (Fsp3) is 0.118. The molecule has 0 atom stereocenters. The summed E-state index contributed by atoms with van der Waals surface area (Å²) >= 11 is 2.92. The predicted octanol–water partition coefficient (Wildman–Crippen LogP) is 3.93. The first-order valence-corrected chi connectivity index (χ1v) is 9.34. The molecule has 8 heteroatoms. The minimum atomic E-state index is -0.0840. The van der Waals surface area contributed by atoms with Crippen molar-refractivity contribution in [2.24, 2.45) is 0 Å². The van der Waals surface area contributed by atoms with E-state index >= 15 is 0 Å². The van der Waals surface area contributed by atoms with E-state index in [1.54, 1.807) is 13.1 Å². The molecule has 0 saturated carbocycles. The number of rotatable bonds is 4. The first-order valence-electron chi connectivity index (χ1n) is 7.64. The van der Waals surface area contributed by atoms with E-state index in [0.29, 0.717) is 4.88 Å². The molecule has 6 nitrogen and oxygen atoms in total. The van der Waals surface area contributed by atoms with Gasteiger partial charge in [0.15, 0.2) is 5.13 Å². The maximum absolute atomic E-state index is 11.6. The number of carbonyl (C=O) groups excluding carboxylic acids is 1. The average molecular weight is 369 g/mol. The number of anilines is 2. The van der Waals surface area contributed by atoms with Crippen LogP contribution in [0.4, 0.5) is 10.1 Å². The maximum atomic E-state index is 11.6. The van der Waals surface area contributed by atoms with Gasteiger partial charge in [0.1, 0.15) is 11.3 Å². The second-order valence-corrected chi connectivity index (χ2v) is 7.32. The summed E-state index contributed by atoms with van der Waals surface area (Å²) in [6.45, 7) is 1.99. The van der Waals surface area contributed by atoms with Gasteiger partial charge in [-0.3, -0.25) is 9.20 Å². The zero-order valence-corrected chi connectivity index (χ0v) is 15.2. The Kier molecular flexibility index (Phi) is 3.98. The zero-order valence-electron chi connectivity index (χ0n) is 13.6. The number of hydrogen-bond acceptors (Lipinski definition) is 6. The third-order valence-corrected chi connectivity index (χ3v) is 5.50. The fourth-order valence-corrected chi connectivity index (χ4v) is 4.24. The van der Waals surface area contributed by atoms with Crippen molar-refractivity contribution in [1.82, 2.24) is 19.7 Å². The van der Waals surface area contributed by atoms with Crippen LogP contribution in [0, 0.1) is 6.92 Å². The van der Waals surface area contributed by atoms with Crippen LogP contribution in [0.5, 0.6) is 0 Å². The molecule has 25 heavy (non-hydrogen) atoms. The lowest BCUT2D eigenvalue weighted by Crippen LogP contribution is -2.15. The van der Waals surface area contributed by atoms with Gasteiger partial charge in [-0.15, -0.1) is 22.7 Å². The number of nitrogens with one attached hydrogen (secondary N) is 2. The number of carbonyl (C=O) groups is 1. The normalized spacial score (nSPS) is 11.0. The van der Waals surface area contributed by atoms with Crippen LogP contribution in [0.15, 0.2) is 41.9 Å². The van der Waals surface area contributed by atoms with E-state index in [9.17, 15) is 4.79 Å². The Bertz CT molecular complexity index is 1060. The Morgan fingerprint density at radius 1 is 1.20 bits per heavy atom. The van der Waals surface area contributed by atoms with Crippen molar-refractivity contribution in [3.05, 3.63) is 52.5 Å². The lowest BCUT2D eigenvalue weighted by Gasteiger charge is -2.00. The predicted molar refractivity (Wildman–Crippen MR) is 102 cm³/mol. The van der Waals surface area contributed by atoms with Gasteiger partial charge in [0, 0.05) is 18.6 Å². The van der Waals surface area contributed by atoms with Crippen molar-refractivity contribution in [3.8, 4) is 11.4 Å². The van der Waals surface area contributed by atoms with Gasteiger partial charge in [-0.2, -0.15) is 0 Å². The number of amides is 1. The Balaban J connectivity index is 1.63. The summed E-state index contributed by atoms with van der Waals surface area (Å²) in [6.07, 6.45) is 1.99. The summed E-state index contributed by atoms with van der Waals surface area (Å²) in [5.41, 5.74) is 3.73. The fourth-order valence-electron chi connectivity index (χ4n) is 2.62. The molecule has 0 unspecified atom stereocenters. The van der Waals surface area contributed by atoms with Gasteiger partial charge in [0.25, 0.3) is 5.91 Å². The molecule has 0 bridgehead atoms. The van der Waals surface area contributed by atoms with Gasteiger partial charge < -0.3 is 10.6 Å². The number of thiophene rings is 1. The molecule has 0 aliphatic heterocycles. The number of pyridine rings is 1. The van der Waals surface area contributed by atoms with Gasteiger partial charge in [-0.25, -0.2) is 9.97 Å². The summed E-state index contributed by atoms with van der Waals surface area (Å²) in [4.78, 5) is 21.6. The Morgan fingerprint density at radius 3 is 2.92 bits per heavy atom. The molecule has 4 heterocycles. The van der Waals surface area contributed by atoms with E-state index in [4.69, 9.17) is 0 Å². The average Bonchev–Trinajstić information content (AvgIpc) is 3.32. The molecular weight excluding hydrogens is 354 g/mol. The number of thiazole rings is 1. The number of aryl methyl sites for hydroxylation is 1. The number of imidazole rings is 1. The van der Waals surface area contributed by atoms with Crippen molar-refractivity contribution < 1.29 is 4.79 Å². The molecule has 0 spiro atoms. The van der Waals surface area contributed by atoms with Crippen molar-refractivity contribution in [3.63, 3.8) is 0 Å². The molecule has 0 aliphatic carbocycles. The highest BCUT2D eigenvalue weighted by atomic mass is 32.1. The van der Waals surface area contributed by atoms with E-state index < -0.39 is 0 Å². The van der Waals surface area contributed by atoms with Crippen LogP contribution in [0.25, 0.3) is 17.0 Å². The van der Waals surface area contributed by atoms with Crippen molar-refractivity contribution in [2.45, 2.75) is 6.92 Å². The molecule has 0 fully saturated rings. The molecule has 0 radical (unpaired) electrons. The molecule has 4 rings (SSSR count). The molecular formula is C17H15N5OS2. The first-order chi connectivity index (χ1) is 12.2. The topological polar surface area (TPSA) is 71.3 Å². The molecule has 0 aromatic carbocycles. The first kappa shape index (κ1) is 15.8. The summed E-state index contributed by atoms with van der Waals surface area (Å²) < 4.78 is 2.04. The lowest BCUT2D eigenvalue weighted by atomic mass is 10.3. The van der Waals surface area contributed by atoms with Crippen LogP contribution in [-0.4, -0.2) is 27.3 Å². The minimum Gasteiger partial charge on any atom is -0.354 e. The van der Waals surface area contributed by atoms with E-state index in [1.165, 1.54) is 22.7 Å². The molecule has 0 aliphatic rings. The standard InChI is InChI=1S/C17H15N5OS2/c1-10-15(22-8-4-3-5-13(22)19-10)11-9-24-17(20-11)21-14-7-6-12(25-14)16(23)18-2/h3-9H,1-2H3,(H,18,23)(H,20,21). The Morgan fingerprint density at radius 2 is 2.08 bits per heavy atom. The molecule has 1 amide bonds. The Hall–Kier alpha value is -2.71. The Labute approximate surface area is 152 Å². The summed E-state index contributed by atoms with van der Waals surface area (Å²) in [7, 11) is 1.63. The van der Waals surface area contributed by atoms with Crippen LogP contribution >= 0.6 is 22.7 Å². The van der Waals surface area contributed by atoms with Gasteiger partial charge in [0.2, 0.25) is 0 Å². The van der Waals surface area contributed by atoms with E-state index in [2.05, 4.69) is 20.6 Å². The molecule has 0 saturated heterocycles. The van der Waals surface area contributed by atoms with Crippen LogP contribution in [-0.2, 0) is 0 Å². The van der Waals surface area contributed by atoms with E-state index in [0.717, 1.165) is 32.9 Å². The minimum absolute atomic E-state index is 0.0840. The van der Waals surface area contributed by atoms with E-state index in [-0.39, 0.29) is 5.91 Å². The van der Waals surface area contributed by atoms with Crippen molar-refractivity contribution in [1.29, 1.82) is 0 Å². The van der Waals surface area contributed by atoms with Gasteiger partial charge in [0.05, 0.1) is 21.3 Å². The summed E-state index contributed by atoms with van der Waals surface area (Å²) in [5.74, 6) is -0.0840. The van der Waals surface area contributed by atoms with Crippen LogP contribution in [0.1, 0.15) is 15.4 Å². The largest absolute Gasteiger partial charge is 0.354 e. The highest BCUT2D eigenvalue weighted by Gasteiger charge is 2.14. The number of hydrogen-bond donors (Lipinski definition) is 2. The molecule has 4 aromatic rings. The van der Waals surface area contributed by atoms with Crippen LogP contribution < -0.4 is 10.6 Å². The van der Waals surface area contributed by atoms with Gasteiger partial charge >= 0.3 is 0 Å². The molecule has 4 aromatic heterocycles. The second-order valence-electron chi connectivity index (χ2n) is 5.38. The second kappa shape index (κ2) is 6.30.